The van der Waals surface area contributed by atoms with Gasteiger partial charge in [-0.25, -0.2) is 4.39 Å². The van der Waals surface area contributed by atoms with Gasteiger partial charge in [-0.15, -0.1) is 0 Å². The summed E-state index contributed by atoms with van der Waals surface area (Å²) in [7, 11) is 4.07. The second-order valence-electron chi connectivity index (χ2n) is 4.51. The van der Waals surface area contributed by atoms with Crippen molar-refractivity contribution < 1.29 is 4.39 Å². The van der Waals surface area contributed by atoms with Crippen LogP contribution in [0.15, 0.2) is 18.5 Å². The van der Waals surface area contributed by atoms with E-state index < -0.39 is 0 Å². The molecule has 4 heteroatoms. The van der Waals surface area contributed by atoms with Gasteiger partial charge in [0, 0.05) is 18.8 Å². The Kier molecular flexibility index (Phi) is 4.68. The monoisotopic (exact) mass is 225 g/mol. The summed E-state index contributed by atoms with van der Waals surface area (Å²) >= 11 is 0. The van der Waals surface area contributed by atoms with Crippen LogP contribution < -0.4 is 5.32 Å². The Balaban J connectivity index is 2.59. The molecule has 0 aliphatic rings. The van der Waals surface area contributed by atoms with Gasteiger partial charge in [0.15, 0.2) is 5.82 Å². The van der Waals surface area contributed by atoms with Crippen LogP contribution in [0.3, 0.4) is 0 Å². The predicted octanol–water partition coefficient (Wildman–Crippen LogP) is 2.22. The largest absolute Gasteiger partial charge is 0.381 e. The first-order valence-electron chi connectivity index (χ1n) is 5.52. The van der Waals surface area contributed by atoms with Crippen LogP contribution in [0.25, 0.3) is 0 Å². The van der Waals surface area contributed by atoms with Crippen LogP contribution >= 0.6 is 0 Å². The molecule has 0 amide bonds. The van der Waals surface area contributed by atoms with Crippen molar-refractivity contribution in [2.75, 3.05) is 26.0 Å². The maximum absolute atomic E-state index is 13.3. The molecule has 1 aromatic rings. The zero-order chi connectivity index (χ0) is 12.1. The van der Waals surface area contributed by atoms with E-state index in [0.29, 0.717) is 17.6 Å². The lowest BCUT2D eigenvalue weighted by Gasteiger charge is -2.28. The normalized spacial score (nSPS) is 13.2. The molecule has 0 radical (unpaired) electrons. The van der Waals surface area contributed by atoms with Gasteiger partial charge in [0.05, 0.1) is 11.9 Å². The van der Waals surface area contributed by atoms with Crippen LogP contribution in [-0.4, -0.2) is 36.6 Å². The van der Waals surface area contributed by atoms with E-state index in [1.54, 1.807) is 12.3 Å². The van der Waals surface area contributed by atoms with Gasteiger partial charge in [-0.1, -0.05) is 13.8 Å². The van der Waals surface area contributed by atoms with Gasteiger partial charge >= 0.3 is 0 Å². The van der Waals surface area contributed by atoms with Crippen molar-refractivity contribution in [1.82, 2.24) is 9.88 Å². The Morgan fingerprint density at radius 1 is 1.44 bits per heavy atom. The highest BCUT2D eigenvalue weighted by Gasteiger charge is 2.15. The Bertz CT molecular complexity index is 318. The van der Waals surface area contributed by atoms with Gasteiger partial charge in [-0.3, -0.25) is 4.98 Å². The van der Waals surface area contributed by atoms with E-state index in [1.165, 1.54) is 6.20 Å². The van der Waals surface area contributed by atoms with Crippen molar-refractivity contribution in [3.05, 3.63) is 24.3 Å². The SMILES string of the molecule is CC(C)[C@@H](CNc1ccncc1F)N(C)C. The summed E-state index contributed by atoms with van der Waals surface area (Å²) < 4.78 is 13.3. The van der Waals surface area contributed by atoms with Crippen molar-refractivity contribution in [3.8, 4) is 0 Å². The highest BCUT2D eigenvalue weighted by molar-refractivity contribution is 5.42. The number of aromatic nitrogens is 1. The first kappa shape index (κ1) is 12.9. The van der Waals surface area contributed by atoms with E-state index >= 15 is 0 Å². The lowest BCUT2D eigenvalue weighted by molar-refractivity contribution is 0.243. The van der Waals surface area contributed by atoms with Crippen LogP contribution in [0.1, 0.15) is 13.8 Å². The van der Waals surface area contributed by atoms with Gasteiger partial charge in [0.1, 0.15) is 0 Å². The molecule has 1 rings (SSSR count). The molecule has 0 bridgehead atoms. The average molecular weight is 225 g/mol. The van der Waals surface area contributed by atoms with Crippen molar-refractivity contribution in [2.24, 2.45) is 5.92 Å². The molecule has 90 valence electrons. The first-order chi connectivity index (χ1) is 7.52. The molecule has 0 saturated carbocycles. The van der Waals surface area contributed by atoms with Crippen LogP contribution in [-0.2, 0) is 0 Å². The van der Waals surface area contributed by atoms with Gasteiger partial charge in [0.25, 0.3) is 0 Å². The molecule has 0 spiro atoms. The summed E-state index contributed by atoms with van der Waals surface area (Å²) in [4.78, 5) is 5.87. The highest BCUT2D eigenvalue weighted by Crippen LogP contribution is 2.13. The molecule has 0 unspecified atom stereocenters. The summed E-state index contributed by atoms with van der Waals surface area (Å²) in [6.07, 6.45) is 2.81. The number of nitrogens with zero attached hydrogens (tertiary/aromatic N) is 2. The van der Waals surface area contributed by atoms with E-state index in [-0.39, 0.29) is 5.82 Å². The quantitative estimate of drug-likeness (QED) is 0.832. The summed E-state index contributed by atoms with van der Waals surface area (Å²) in [5.41, 5.74) is 0.516. The number of nitrogens with one attached hydrogen (secondary N) is 1. The average Bonchev–Trinajstić information content (AvgIpc) is 2.20. The third-order valence-corrected chi connectivity index (χ3v) is 2.71. The van der Waals surface area contributed by atoms with Gasteiger partial charge in [-0.05, 0) is 26.1 Å². The van der Waals surface area contributed by atoms with Crippen LogP contribution in [0.5, 0.6) is 0 Å². The molecular weight excluding hydrogens is 205 g/mol. The molecule has 0 aliphatic carbocycles. The maximum atomic E-state index is 13.3. The molecular formula is C12H20FN3. The Morgan fingerprint density at radius 2 is 2.12 bits per heavy atom. The molecule has 16 heavy (non-hydrogen) atoms. The predicted molar refractivity (Wildman–Crippen MR) is 65.0 cm³/mol. The molecule has 3 nitrogen and oxygen atoms in total. The minimum absolute atomic E-state index is 0.302. The van der Waals surface area contributed by atoms with Gasteiger partial charge < -0.3 is 10.2 Å². The number of halogens is 1. The zero-order valence-electron chi connectivity index (χ0n) is 10.4. The fourth-order valence-electron chi connectivity index (χ4n) is 1.75. The van der Waals surface area contributed by atoms with E-state index in [4.69, 9.17) is 0 Å². The van der Waals surface area contributed by atoms with Crippen LogP contribution in [0.4, 0.5) is 10.1 Å². The molecule has 1 heterocycles. The zero-order valence-corrected chi connectivity index (χ0v) is 10.4. The van der Waals surface area contributed by atoms with Crippen LogP contribution in [0, 0.1) is 11.7 Å². The lowest BCUT2D eigenvalue weighted by atomic mass is 10.0. The molecule has 0 aliphatic heterocycles. The number of hydrogen-bond acceptors (Lipinski definition) is 3. The second-order valence-corrected chi connectivity index (χ2v) is 4.51. The van der Waals surface area contributed by atoms with Crippen molar-refractivity contribution in [3.63, 3.8) is 0 Å². The molecule has 0 fully saturated rings. The summed E-state index contributed by atoms with van der Waals surface area (Å²) in [5.74, 6) is 0.219. The minimum Gasteiger partial charge on any atom is -0.381 e. The standard InChI is InChI=1S/C12H20FN3/c1-9(2)12(16(3)4)8-15-11-5-6-14-7-10(11)13/h5-7,9,12H,8H2,1-4H3,(H,14,15)/t12-/m1/s1. The lowest BCUT2D eigenvalue weighted by Crippen LogP contribution is -2.38. The van der Waals surface area contributed by atoms with Crippen molar-refractivity contribution in [1.29, 1.82) is 0 Å². The third-order valence-electron chi connectivity index (χ3n) is 2.71. The second kappa shape index (κ2) is 5.80. The van der Waals surface area contributed by atoms with E-state index in [2.05, 4.69) is 29.0 Å². The van der Waals surface area contributed by atoms with Crippen molar-refractivity contribution in [2.45, 2.75) is 19.9 Å². The number of rotatable bonds is 5. The summed E-state index contributed by atoms with van der Waals surface area (Å²) in [6, 6.07) is 2.04. The molecule has 1 aromatic heterocycles. The molecule has 1 atom stereocenters. The van der Waals surface area contributed by atoms with E-state index in [0.717, 1.165) is 6.54 Å². The summed E-state index contributed by atoms with van der Waals surface area (Å²) in [5, 5.41) is 3.12. The first-order valence-corrected chi connectivity index (χ1v) is 5.52. The number of likely N-dealkylation sites (N-methyl/N-ethyl adjacent to an activating group) is 1. The Morgan fingerprint density at radius 3 is 2.62 bits per heavy atom. The molecule has 1 N–H and O–H groups in total. The highest BCUT2D eigenvalue weighted by atomic mass is 19.1. The minimum atomic E-state index is -0.302. The summed E-state index contributed by atoms with van der Waals surface area (Å²) in [6.45, 7) is 5.05. The molecule has 0 saturated heterocycles. The van der Waals surface area contributed by atoms with Gasteiger partial charge in [0.2, 0.25) is 0 Å². The van der Waals surface area contributed by atoms with Crippen LogP contribution in [0.2, 0.25) is 0 Å². The van der Waals surface area contributed by atoms with E-state index in [1.807, 2.05) is 14.1 Å². The molecule has 0 aromatic carbocycles. The fraction of sp³-hybridized carbons (Fsp3) is 0.583. The fourth-order valence-corrected chi connectivity index (χ4v) is 1.75. The number of hydrogen-bond donors (Lipinski definition) is 1. The Labute approximate surface area is 96.7 Å². The van der Waals surface area contributed by atoms with Crippen molar-refractivity contribution >= 4 is 5.69 Å². The van der Waals surface area contributed by atoms with Gasteiger partial charge in [-0.2, -0.15) is 0 Å². The topological polar surface area (TPSA) is 28.2 Å². The van der Waals surface area contributed by atoms with E-state index in [9.17, 15) is 4.39 Å². The maximum Gasteiger partial charge on any atom is 0.164 e. The Hall–Kier alpha value is -1.16. The number of anilines is 1. The smallest absolute Gasteiger partial charge is 0.164 e. The number of pyridine rings is 1. The third kappa shape index (κ3) is 3.45.